The maximum atomic E-state index is 13.0. The molecular formula is C26H35N3O3. The van der Waals surface area contributed by atoms with Crippen LogP contribution in [0.4, 0.5) is 5.69 Å². The average Bonchev–Trinajstić information content (AvgIpc) is 2.82. The van der Waals surface area contributed by atoms with E-state index < -0.39 is 0 Å². The van der Waals surface area contributed by atoms with E-state index in [1.165, 1.54) is 11.1 Å². The molecule has 2 aromatic rings. The number of aliphatic hydroxyl groups is 1. The van der Waals surface area contributed by atoms with E-state index in [1.54, 1.807) is 23.1 Å². The maximum Gasteiger partial charge on any atom is 0.253 e. The van der Waals surface area contributed by atoms with Crippen LogP contribution in [0, 0.1) is 0 Å². The molecule has 2 N–H and O–H groups in total. The third kappa shape index (κ3) is 5.96. The van der Waals surface area contributed by atoms with E-state index in [9.17, 15) is 14.7 Å². The number of nitrogens with zero attached hydrogens (tertiary/aromatic N) is 2. The number of nitrogens with one attached hydrogen (secondary N) is 1. The Bertz CT molecular complexity index is 911. The quantitative estimate of drug-likeness (QED) is 0.592. The molecule has 0 heterocycles. The van der Waals surface area contributed by atoms with Crippen molar-refractivity contribution in [3.63, 3.8) is 0 Å². The number of carbonyl (C=O) groups is 2. The van der Waals surface area contributed by atoms with Gasteiger partial charge in [0.2, 0.25) is 5.91 Å². The smallest absolute Gasteiger partial charge is 0.253 e. The van der Waals surface area contributed by atoms with Crippen molar-refractivity contribution in [2.45, 2.75) is 45.6 Å². The van der Waals surface area contributed by atoms with E-state index in [-0.39, 0.29) is 31.0 Å². The van der Waals surface area contributed by atoms with Crippen molar-refractivity contribution >= 4 is 17.5 Å². The first kappa shape index (κ1) is 24.0. The molecule has 0 bridgehead atoms. The largest absolute Gasteiger partial charge is 0.396 e. The summed E-state index contributed by atoms with van der Waals surface area (Å²) in [4.78, 5) is 29.5. The predicted molar refractivity (Wildman–Crippen MR) is 128 cm³/mol. The van der Waals surface area contributed by atoms with Crippen molar-refractivity contribution in [1.82, 2.24) is 9.80 Å². The molecule has 0 radical (unpaired) electrons. The molecule has 0 aliphatic heterocycles. The molecule has 1 aliphatic rings. The Labute approximate surface area is 191 Å². The first-order valence-electron chi connectivity index (χ1n) is 11.7. The van der Waals surface area contributed by atoms with Crippen molar-refractivity contribution in [3.8, 4) is 0 Å². The summed E-state index contributed by atoms with van der Waals surface area (Å²) in [5.74, 6) is -0.145. The summed E-state index contributed by atoms with van der Waals surface area (Å²) in [5.41, 5.74) is 3.83. The zero-order valence-corrected chi connectivity index (χ0v) is 19.2. The number of carbonyl (C=O) groups excluding carboxylic acids is 2. The molecule has 172 valence electrons. The highest BCUT2D eigenvalue weighted by Crippen LogP contribution is 2.34. The Kier molecular flexibility index (Phi) is 8.82. The number of aliphatic hydroxyl groups excluding tert-OH is 1. The van der Waals surface area contributed by atoms with Gasteiger partial charge in [-0.2, -0.15) is 0 Å². The number of benzene rings is 2. The summed E-state index contributed by atoms with van der Waals surface area (Å²) < 4.78 is 0. The van der Waals surface area contributed by atoms with Gasteiger partial charge in [-0.3, -0.25) is 14.5 Å². The third-order valence-corrected chi connectivity index (χ3v) is 6.17. The molecule has 1 aliphatic carbocycles. The number of rotatable bonds is 10. The second-order valence-corrected chi connectivity index (χ2v) is 8.26. The summed E-state index contributed by atoms with van der Waals surface area (Å²) in [6.45, 7) is 6.20. The second kappa shape index (κ2) is 11.8. The lowest BCUT2D eigenvalue weighted by atomic mass is 9.86. The topological polar surface area (TPSA) is 72.9 Å². The number of amides is 2. The van der Waals surface area contributed by atoms with Crippen molar-refractivity contribution in [2.24, 2.45) is 0 Å². The van der Waals surface area contributed by atoms with E-state index in [2.05, 4.69) is 34.5 Å². The third-order valence-electron chi connectivity index (χ3n) is 6.17. The highest BCUT2D eigenvalue weighted by Gasteiger charge is 2.27. The van der Waals surface area contributed by atoms with Crippen LogP contribution >= 0.6 is 0 Å². The Morgan fingerprint density at radius 2 is 1.88 bits per heavy atom. The lowest BCUT2D eigenvalue weighted by molar-refractivity contribution is -0.118. The molecule has 3 rings (SSSR count). The van der Waals surface area contributed by atoms with Crippen LogP contribution in [-0.4, -0.2) is 59.5 Å². The monoisotopic (exact) mass is 437 g/mol. The number of fused-ring (bicyclic) bond motifs is 1. The minimum absolute atomic E-state index is 0.0329. The van der Waals surface area contributed by atoms with Crippen LogP contribution in [0.2, 0.25) is 0 Å². The molecule has 0 saturated heterocycles. The lowest BCUT2D eigenvalue weighted by Crippen LogP contribution is -2.38. The van der Waals surface area contributed by atoms with E-state index in [4.69, 9.17) is 0 Å². The van der Waals surface area contributed by atoms with E-state index in [0.717, 1.165) is 19.3 Å². The fourth-order valence-corrected chi connectivity index (χ4v) is 4.53. The summed E-state index contributed by atoms with van der Waals surface area (Å²) in [7, 11) is 0. The van der Waals surface area contributed by atoms with Gasteiger partial charge in [0.15, 0.2) is 0 Å². The number of hydrogen-bond acceptors (Lipinski definition) is 4. The van der Waals surface area contributed by atoms with E-state index in [0.29, 0.717) is 37.3 Å². The Balaban J connectivity index is 1.72. The highest BCUT2D eigenvalue weighted by atomic mass is 16.3. The van der Waals surface area contributed by atoms with Crippen molar-refractivity contribution in [3.05, 3.63) is 65.2 Å². The number of anilines is 1. The van der Waals surface area contributed by atoms with Crippen LogP contribution in [0.5, 0.6) is 0 Å². The molecule has 2 amide bonds. The van der Waals surface area contributed by atoms with Gasteiger partial charge in [-0.05, 0) is 68.9 Å². The maximum absolute atomic E-state index is 13.0. The first-order chi connectivity index (χ1) is 15.6. The zero-order valence-electron chi connectivity index (χ0n) is 19.2. The van der Waals surface area contributed by atoms with Crippen LogP contribution < -0.4 is 5.32 Å². The lowest BCUT2D eigenvalue weighted by Gasteiger charge is -2.35. The average molecular weight is 438 g/mol. The van der Waals surface area contributed by atoms with Crippen LogP contribution in [-0.2, 0) is 11.2 Å². The molecule has 2 aromatic carbocycles. The Morgan fingerprint density at radius 3 is 2.62 bits per heavy atom. The van der Waals surface area contributed by atoms with Gasteiger partial charge in [0.1, 0.15) is 0 Å². The van der Waals surface area contributed by atoms with Crippen LogP contribution in [0.15, 0.2) is 48.5 Å². The Hall–Kier alpha value is -2.70. The van der Waals surface area contributed by atoms with Gasteiger partial charge in [0, 0.05) is 43.5 Å². The fraction of sp³-hybridized carbons (Fsp3) is 0.462. The van der Waals surface area contributed by atoms with Crippen LogP contribution in [0.3, 0.4) is 0 Å². The Morgan fingerprint density at radius 1 is 1.09 bits per heavy atom. The summed E-state index contributed by atoms with van der Waals surface area (Å²) in [6.07, 6.45) is 3.79. The molecule has 0 aromatic heterocycles. The summed E-state index contributed by atoms with van der Waals surface area (Å²) in [6, 6.07) is 15.8. The van der Waals surface area contributed by atoms with Gasteiger partial charge in [-0.25, -0.2) is 0 Å². The van der Waals surface area contributed by atoms with Gasteiger partial charge in [0.25, 0.3) is 5.91 Å². The molecular weight excluding hydrogens is 402 g/mol. The van der Waals surface area contributed by atoms with Gasteiger partial charge in [-0.15, -0.1) is 0 Å². The van der Waals surface area contributed by atoms with Crippen molar-refractivity contribution in [2.75, 3.05) is 38.1 Å². The number of hydrogen-bond donors (Lipinski definition) is 2. The molecule has 6 nitrogen and oxygen atoms in total. The molecule has 6 heteroatoms. The zero-order chi connectivity index (χ0) is 22.9. The molecule has 0 fully saturated rings. The van der Waals surface area contributed by atoms with Crippen molar-refractivity contribution in [1.29, 1.82) is 0 Å². The minimum Gasteiger partial charge on any atom is -0.396 e. The molecule has 0 saturated carbocycles. The highest BCUT2D eigenvalue weighted by molar-refractivity contribution is 5.97. The van der Waals surface area contributed by atoms with Crippen molar-refractivity contribution < 1.29 is 14.7 Å². The fourth-order valence-electron chi connectivity index (χ4n) is 4.53. The molecule has 0 unspecified atom stereocenters. The summed E-state index contributed by atoms with van der Waals surface area (Å²) in [5, 5.41) is 12.4. The van der Waals surface area contributed by atoms with Crippen LogP contribution in [0.25, 0.3) is 0 Å². The van der Waals surface area contributed by atoms with Gasteiger partial charge < -0.3 is 15.3 Å². The van der Waals surface area contributed by atoms with E-state index in [1.807, 2.05) is 19.9 Å². The predicted octanol–water partition coefficient (Wildman–Crippen LogP) is 3.87. The molecule has 1 atom stereocenters. The standard InChI is InChI=1S/C26H35N3O3/c1-3-28(4-2)26(32)21-12-7-13-22(18-21)27-25(31)19-29(16-9-17-30)24-15-8-11-20-10-5-6-14-23(20)24/h5-7,10,12-14,18,24,30H,3-4,8-9,11,15-17,19H2,1-2H3,(H,27,31)/t24-/m1/s1. The molecule has 0 spiro atoms. The normalized spacial score (nSPS) is 15.3. The van der Waals surface area contributed by atoms with Gasteiger partial charge >= 0.3 is 0 Å². The van der Waals surface area contributed by atoms with E-state index >= 15 is 0 Å². The van der Waals surface area contributed by atoms with Gasteiger partial charge in [-0.1, -0.05) is 30.3 Å². The first-order valence-corrected chi connectivity index (χ1v) is 11.7. The number of aryl methyl sites for hydroxylation is 1. The second-order valence-electron chi connectivity index (χ2n) is 8.26. The van der Waals surface area contributed by atoms with Crippen LogP contribution in [0.1, 0.15) is 60.6 Å². The minimum atomic E-state index is -0.113. The van der Waals surface area contributed by atoms with Gasteiger partial charge in [0.05, 0.1) is 6.54 Å². The summed E-state index contributed by atoms with van der Waals surface area (Å²) >= 11 is 0. The molecule has 32 heavy (non-hydrogen) atoms. The SMILES string of the molecule is CCN(CC)C(=O)c1cccc(NC(=O)CN(CCCO)[C@@H]2CCCc3ccccc32)c1.